The molecule has 9 heteroatoms. The van der Waals surface area contributed by atoms with Crippen molar-refractivity contribution in [1.29, 1.82) is 0 Å². The molecule has 1 unspecified atom stereocenters. The maximum absolute atomic E-state index is 12.0. The molecular weight excluding hydrogens is 529 g/mol. The van der Waals surface area contributed by atoms with Gasteiger partial charge in [0.15, 0.2) is 5.96 Å². The minimum absolute atomic E-state index is 0. The smallest absolute Gasteiger partial charge is 0.261 e. The van der Waals surface area contributed by atoms with E-state index in [0.29, 0.717) is 12.6 Å². The fourth-order valence-electron chi connectivity index (χ4n) is 3.43. The van der Waals surface area contributed by atoms with Gasteiger partial charge >= 0.3 is 0 Å². The summed E-state index contributed by atoms with van der Waals surface area (Å²) in [6.45, 7) is 7.39. The molecule has 30 heavy (non-hydrogen) atoms. The van der Waals surface area contributed by atoms with E-state index in [-0.39, 0.29) is 29.9 Å². The molecule has 6 nitrogen and oxygen atoms in total. The Bertz CT molecular complexity index is 746. The van der Waals surface area contributed by atoms with Crippen LogP contribution in [0.2, 0.25) is 0 Å². The molecule has 166 valence electrons. The fraction of sp³-hybridized carbons (Fsp3) is 0.524. The first-order valence-electron chi connectivity index (χ1n) is 10.4. The Morgan fingerprint density at radius 3 is 2.50 bits per heavy atom. The Morgan fingerprint density at radius 2 is 1.83 bits per heavy atom. The van der Waals surface area contributed by atoms with Crippen molar-refractivity contribution in [1.82, 2.24) is 20.9 Å². The van der Waals surface area contributed by atoms with E-state index < -0.39 is 0 Å². The molecule has 2 aromatic rings. The number of hydrogen-bond acceptors (Lipinski definition) is 5. The van der Waals surface area contributed by atoms with Gasteiger partial charge in [-0.05, 0) is 62.2 Å². The SMILES string of the molecule is CCNC(=NCC(c1cccs1)N1CCCC1)NCCCNC(=O)c1cccs1.I. The average Bonchev–Trinajstić information content (AvgIpc) is 3.51. The van der Waals surface area contributed by atoms with E-state index in [1.54, 1.807) is 0 Å². The molecule has 3 heterocycles. The lowest BCUT2D eigenvalue weighted by Crippen LogP contribution is -2.39. The van der Waals surface area contributed by atoms with Gasteiger partial charge < -0.3 is 16.0 Å². The first kappa shape index (κ1) is 25.1. The number of halogens is 1. The highest BCUT2D eigenvalue weighted by Gasteiger charge is 2.24. The lowest BCUT2D eigenvalue weighted by Gasteiger charge is -2.25. The maximum Gasteiger partial charge on any atom is 0.261 e. The van der Waals surface area contributed by atoms with Crippen LogP contribution in [0.15, 0.2) is 40.0 Å². The third-order valence-corrected chi connectivity index (χ3v) is 6.74. The van der Waals surface area contributed by atoms with E-state index in [9.17, 15) is 4.79 Å². The molecule has 2 aromatic heterocycles. The van der Waals surface area contributed by atoms with Crippen molar-refractivity contribution in [2.24, 2.45) is 4.99 Å². The van der Waals surface area contributed by atoms with E-state index in [2.05, 4.69) is 45.3 Å². The van der Waals surface area contributed by atoms with Gasteiger partial charge in [-0.3, -0.25) is 14.7 Å². The Kier molecular flexibility index (Phi) is 11.7. The maximum atomic E-state index is 12.0. The highest BCUT2D eigenvalue weighted by Crippen LogP contribution is 2.28. The van der Waals surface area contributed by atoms with Crippen LogP contribution < -0.4 is 16.0 Å². The van der Waals surface area contributed by atoms with Gasteiger partial charge in [0.05, 0.1) is 17.5 Å². The van der Waals surface area contributed by atoms with Gasteiger partial charge in [0.2, 0.25) is 0 Å². The van der Waals surface area contributed by atoms with Crippen LogP contribution in [0, 0.1) is 0 Å². The highest BCUT2D eigenvalue weighted by molar-refractivity contribution is 14.0. The van der Waals surface area contributed by atoms with Crippen molar-refractivity contribution in [3.8, 4) is 0 Å². The summed E-state index contributed by atoms with van der Waals surface area (Å²) in [4.78, 5) is 21.5. The lowest BCUT2D eigenvalue weighted by atomic mass is 10.2. The Labute approximate surface area is 204 Å². The normalized spacial score (nSPS) is 15.4. The number of likely N-dealkylation sites (tertiary alicyclic amines) is 1. The van der Waals surface area contributed by atoms with Gasteiger partial charge in [0, 0.05) is 24.5 Å². The first-order valence-corrected chi connectivity index (χ1v) is 12.1. The largest absolute Gasteiger partial charge is 0.357 e. The molecule has 0 aromatic carbocycles. The molecule has 0 bridgehead atoms. The number of guanidine groups is 1. The number of carbonyl (C=O) groups is 1. The van der Waals surface area contributed by atoms with Gasteiger partial charge in [0.1, 0.15) is 0 Å². The molecule has 0 aliphatic carbocycles. The van der Waals surface area contributed by atoms with Gasteiger partial charge in [-0.2, -0.15) is 0 Å². The molecule has 0 spiro atoms. The first-order chi connectivity index (χ1) is 14.3. The van der Waals surface area contributed by atoms with Crippen LogP contribution in [0.5, 0.6) is 0 Å². The molecule has 0 radical (unpaired) electrons. The highest BCUT2D eigenvalue weighted by atomic mass is 127. The van der Waals surface area contributed by atoms with E-state index in [1.807, 2.05) is 28.8 Å². The Hall–Kier alpha value is -1.17. The third-order valence-electron chi connectivity index (χ3n) is 4.90. The molecule has 3 rings (SSSR count). The molecule has 1 saturated heterocycles. The van der Waals surface area contributed by atoms with Crippen molar-refractivity contribution in [2.45, 2.75) is 32.2 Å². The topological polar surface area (TPSA) is 68.8 Å². The van der Waals surface area contributed by atoms with Gasteiger partial charge in [-0.15, -0.1) is 46.7 Å². The predicted octanol–water partition coefficient (Wildman–Crippen LogP) is 3.94. The van der Waals surface area contributed by atoms with Crippen LogP contribution in [0.3, 0.4) is 0 Å². The summed E-state index contributed by atoms with van der Waals surface area (Å²) in [6.07, 6.45) is 3.41. The lowest BCUT2D eigenvalue weighted by molar-refractivity contribution is 0.0957. The Balaban J connectivity index is 0.00000320. The second kappa shape index (κ2) is 14.0. The van der Waals surface area contributed by atoms with Crippen molar-refractivity contribution < 1.29 is 4.79 Å². The van der Waals surface area contributed by atoms with Gasteiger partial charge in [-0.1, -0.05) is 12.1 Å². The van der Waals surface area contributed by atoms with E-state index in [0.717, 1.165) is 50.0 Å². The van der Waals surface area contributed by atoms with Crippen LogP contribution in [0.4, 0.5) is 0 Å². The summed E-state index contributed by atoms with van der Waals surface area (Å²) in [7, 11) is 0. The summed E-state index contributed by atoms with van der Waals surface area (Å²) < 4.78 is 0. The number of amides is 1. The average molecular weight is 562 g/mol. The number of carbonyl (C=O) groups excluding carboxylic acids is 1. The van der Waals surface area contributed by atoms with Crippen molar-refractivity contribution in [2.75, 3.05) is 39.3 Å². The number of rotatable bonds is 10. The van der Waals surface area contributed by atoms with Gasteiger partial charge in [-0.25, -0.2) is 0 Å². The zero-order valence-electron chi connectivity index (χ0n) is 17.4. The van der Waals surface area contributed by atoms with Crippen LogP contribution in [-0.2, 0) is 0 Å². The number of hydrogen-bond donors (Lipinski definition) is 3. The third kappa shape index (κ3) is 7.82. The summed E-state index contributed by atoms with van der Waals surface area (Å²) in [5.41, 5.74) is 0. The van der Waals surface area contributed by atoms with Crippen LogP contribution in [0.25, 0.3) is 0 Å². The number of nitrogens with one attached hydrogen (secondary N) is 3. The summed E-state index contributed by atoms with van der Waals surface area (Å²) in [5, 5.41) is 13.8. The molecule has 1 amide bonds. The molecule has 1 aliphatic rings. The summed E-state index contributed by atoms with van der Waals surface area (Å²) in [5.74, 6) is 0.850. The summed E-state index contributed by atoms with van der Waals surface area (Å²) >= 11 is 3.28. The van der Waals surface area contributed by atoms with E-state index in [4.69, 9.17) is 4.99 Å². The number of nitrogens with zero attached hydrogens (tertiary/aromatic N) is 2. The molecule has 1 aliphatic heterocycles. The van der Waals surface area contributed by atoms with Gasteiger partial charge in [0.25, 0.3) is 5.91 Å². The monoisotopic (exact) mass is 561 g/mol. The minimum Gasteiger partial charge on any atom is -0.357 e. The van der Waals surface area contributed by atoms with Crippen LogP contribution >= 0.6 is 46.7 Å². The standard InChI is InChI=1S/C21H31N5OS2.HI/c1-2-22-21(24-11-7-10-23-20(27)19-9-6-15-29-19)25-16-17(18-8-5-14-28-18)26-12-3-4-13-26;/h5-6,8-9,14-15,17H,2-4,7,10-13,16H2,1H3,(H,23,27)(H2,22,24,25);1H. The van der Waals surface area contributed by atoms with E-state index in [1.165, 1.54) is 29.1 Å². The zero-order valence-corrected chi connectivity index (χ0v) is 21.4. The minimum atomic E-state index is 0. The second-order valence-electron chi connectivity index (χ2n) is 7.01. The van der Waals surface area contributed by atoms with Crippen LogP contribution in [0.1, 0.15) is 46.8 Å². The molecule has 3 N–H and O–H groups in total. The number of thiophene rings is 2. The predicted molar refractivity (Wildman–Crippen MR) is 139 cm³/mol. The van der Waals surface area contributed by atoms with Crippen LogP contribution in [-0.4, -0.2) is 56.0 Å². The Morgan fingerprint density at radius 1 is 1.10 bits per heavy atom. The number of aliphatic imine (C=N–C) groups is 1. The molecule has 0 saturated carbocycles. The molecule has 1 fully saturated rings. The zero-order chi connectivity index (χ0) is 20.3. The quantitative estimate of drug-likeness (QED) is 0.178. The van der Waals surface area contributed by atoms with E-state index >= 15 is 0 Å². The molecular formula is C21H32IN5OS2. The second-order valence-corrected chi connectivity index (χ2v) is 8.93. The van der Waals surface area contributed by atoms with Crippen molar-refractivity contribution in [3.05, 3.63) is 44.8 Å². The fourth-order valence-corrected chi connectivity index (χ4v) is 4.92. The summed E-state index contributed by atoms with van der Waals surface area (Å²) in [6, 6.07) is 8.45. The van der Waals surface area contributed by atoms with Crippen molar-refractivity contribution >= 4 is 58.5 Å². The van der Waals surface area contributed by atoms with Crippen molar-refractivity contribution in [3.63, 3.8) is 0 Å². The molecule has 1 atom stereocenters.